The first kappa shape index (κ1) is 11.0. The molecule has 1 N–H and O–H groups in total. The fourth-order valence-electron chi connectivity index (χ4n) is 2.42. The van der Waals surface area contributed by atoms with Gasteiger partial charge >= 0.3 is 0 Å². The van der Waals surface area contributed by atoms with Crippen molar-refractivity contribution in [2.45, 2.75) is 12.3 Å². The van der Waals surface area contributed by atoms with Crippen LogP contribution in [-0.2, 0) is 0 Å². The van der Waals surface area contributed by atoms with E-state index in [0.29, 0.717) is 5.92 Å². The zero-order valence-corrected chi connectivity index (χ0v) is 10.1. The standard InChI is InChI=1S/C13H19NS/c1-15-10-12-7-8-14-9-13(12)11-5-3-2-4-6-11/h2-6,12-14H,7-10H2,1H3. The van der Waals surface area contributed by atoms with Crippen LogP contribution in [0.5, 0.6) is 0 Å². The van der Waals surface area contributed by atoms with Gasteiger partial charge in [0, 0.05) is 12.5 Å². The van der Waals surface area contributed by atoms with Crippen molar-refractivity contribution in [3.63, 3.8) is 0 Å². The number of nitrogens with one attached hydrogen (secondary N) is 1. The lowest BCUT2D eigenvalue weighted by Crippen LogP contribution is -2.36. The van der Waals surface area contributed by atoms with Crippen molar-refractivity contribution in [1.29, 1.82) is 0 Å². The first-order chi connectivity index (χ1) is 7.42. The van der Waals surface area contributed by atoms with Crippen LogP contribution in [0, 0.1) is 5.92 Å². The molecule has 1 nitrogen and oxygen atoms in total. The first-order valence-corrected chi connectivity index (χ1v) is 7.06. The highest BCUT2D eigenvalue weighted by Gasteiger charge is 2.25. The summed E-state index contributed by atoms with van der Waals surface area (Å²) in [7, 11) is 0. The molecule has 1 aliphatic heterocycles. The van der Waals surface area contributed by atoms with Crippen LogP contribution in [0.15, 0.2) is 30.3 Å². The van der Waals surface area contributed by atoms with E-state index in [0.717, 1.165) is 12.5 Å². The molecule has 2 heteroatoms. The summed E-state index contributed by atoms with van der Waals surface area (Å²) in [5, 5.41) is 3.51. The van der Waals surface area contributed by atoms with E-state index in [4.69, 9.17) is 0 Å². The summed E-state index contributed by atoms with van der Waals surface area (Å²) in [6.07, 6.45) is 3.53. The highest BCUT2D eigenvalue weighted by Crippen LogP contribution is 2.31. The summed E-state index contributed by atoms with van der Waals surface area (Å²) < 4.78 is 0. The minimum Gasteiger partial charge on any atom is -0.316 e. The molecule has 1 aromatic carbocycles. The van der Waals surface area contributed by atoms with Crippen molar-refractivity contribution in [2.75, 3.05) is 25.1 Å². The molecular formula is C13H19NS. The molecule has 0 saturated carbocycles. The Bertz CT molecular complexity index is 284. The molecule has 1 saturated heterocycles. The van der Waals surface area contributed by atoms with Gasteiger partial charge in [-0.2, -0.15) is 11.8 Å². The average Bonchev–Trinajstić information content (AvgIpc) is 2.31. The SMILES string of the molecule is CSCC1CCNCC1c1ccccc1. The maximum Gasteiger partial charge on any atom is 0.00231 e. The van der Waals surface area contributed by atoms with Gasteiger partial charge in [0.05, 0.1) is 0 Å². The molecule has 2 atom stereocenters. The Labute approximate surface area is 96.7 Å². The predicted octanol–water partition coefficient (Wildman–Crippen LogP) is 2.74. The van der Waals surface area contributed by atoms with Crippen molar-refractivity contribution in [3.05, 3.63) is 35.9 Å². The number of benzene rings is 1. The van der Waals surface area contributed by atoms with Gasteiger partial charge < -0.3 is 5.32 Å². The van der Waals surface area contributed by atoms with E-state index < -0.39 is 0 Å². The predicted molar refractivity (Wildman–Crippen MR) is 68.5 cm³/mol. The molecule has 0 aliphatic carbocycles. The zero-order valence-electron chi connectivity index (χ0n) is 9.28. The van der Waals surface area contributed by atoms with Crippen LogP contribution in [-0.4, -0.2) is 25.1 Å². The Morgan fingerprint density at radius 1 is 1.33 bits per heavy atom. The van der Waals surface area contributed by atoms with Crippen molar-refractivity contribution in [1.82, 2.24) is 5.32 Å². The van der Waals surface area contributed by atoms with Crippen molar-refractivity contribution < 1.29 is 0 Å². The Kier molecular flexibility index (Phi) is 4.09. The minimum atomic E-state index is 0.715. The van der Waals surface area contributed by atoms with Gasteiger partial charge in [0.25, 0.3) is 0 Å². The summed E-state index contributed by atoms with van der Waals surface area (Å²) in [5.41, 5.74) is 1.50. The van der Waals surface area contributed by atoms with Crippen LogP contribution in [0.3, 0.4) is 0 Å². The van der Waals surface area contributed by atoms with E-state index in [1.807, 2.05) is 11.8 Å². The van der Waals surface area contributed by atoms with E-state index in [1.54, 1.807) is 0 Å². The number of piperidine rings is 1. The van der Waals surface area contributed by atoms with E-state index in [9.17, 15) is 0 Å². The second kappa shape index (κ2) is 5.57. The van der Waals surface area contributed by atoms with Crippen LogP contribution in [0.2, 0.25) is 0 Å². The Balaban J connectivity index is 2.11. The van der Waals surface area contributed by atoms with E-state index in [1.165, 1.54) is 24.3 Å². The molecule has 2 unspecified atom stereocenters. The minimum absolute atomic E-state index is 0.715. The molecule has 0 aromatic heterocycles. The molecule has 0 spiro atoms. The molecule has 1 aromatic rings. The van der Waals surface area contributed by atoms with E-state index in [-0.39, 0.29) is 0 Å². The molecule has 1 heterocycles. The molecule has 0 bridgehead atoms. The Morgan fingerprint density at radius 2 is 2.13 bits per heavy atom. The summed E-state index contributed by atoms with van der Waals surface area (Å²) >= 11 is 1.98. The molecule has 0 radical (unpaired) electrons. The molecule has 0 amide bonds. The van der Waals surface area contributed by atoms with Crippen molar-refractivity contribution >= 4 is 11.8 Å². The van der Waals surface area contributed by atoms with Crippen molar-refractivity contribution in [2.24, 2.45) is 5.92 Å². The number of thioether (sulfide) groups is 1. The van der Waals surface area contributed by atoms with Gasteiger partial charge in [-0.15, -0.1) is 0 Å². The molecule has 1 fully saturated rings. The molecule has 82 valence electrons. The van der Waals surface area contributed by atoms with Gasteiger partial charge in [0.1, 0.15) is 0 Å². The van der Waals surface area contributed by atoms with Gasteiger partial charge in [-0.3, -0.25) is 0 Å². The zero-order chi connectivity index (χ0) is 10.5. The van der Waals surface area contributed by atoms with E-state index in [2.05, 4.69) is 41.9 Å². The molecule has 2 rings (SSSR count). The monoisotopic (exact) mass is 221 g/mol. The highest BCUT2D eigenvalue weighted by molar-refractivity contribution is 7.98. The largest absolute Gasteiger partial charge is 0.316 e. The fourth-order valence-corrected chi connectivity index (χ4v) is 3.24. The Morgan fingerprint density at radius 3 is 2.87 bits per heavy atom. The topological polar surface area (TPSA) is 12.0 Å². The third-order valence-electron chi connectivity index (χ3n) is 3.23. The maximum atomic E-state index is 3.51. The third-order valence-corrected chi connectivity index (χ3v) is 4.00. The van der Waals surface area contributed by atoms with Gasteiger partial charge in [0.2, 0.25) is 0 Å². The lowest BCUT2D eigenvalue weighted by atomic mass is 9.83. The normalized spacial score (nSPS) is 26.5. The first-order valence-electron chi connectivity index (χ1n) is 5.66. The fraction of sp³-hybridized carbons (Fsp3) is 0.538. The van der Waals surface area contributed by atoms with Crippen LogP contribution in [0.1, 0.15) is 17.9 Å². The van der Waals surface area contributed by atoms with Gasteiger partial charge in [-0.1, -0.05) is 30.3 Å². The summed E-state index contributed by atoms with van der Waals surface area (Å²) in [6.45, 7) is 2.34. The van der Waals surface area contributed by atoms with Crippen LogP contribution < -0.4 is 5.32 Å². The number of rotatable bonds is 3. The molecular weight excluding hydrogens is 202 g/mol. The summed E-state index contributed by atoms with van der Waals surface area (Å²) in [4.78, 5) is 0. The second-order valence-electron chi connectivity index (χ2n) is 4.23. The summed E-state index contributed by atoms with van der Waals surface area (Å²) in [6, 6.07) is 10.9. The van der Waals surface area contributed by atoms with Gasteiger partial charge in [0.15, 0.2) is 0 Å². The third kappa shape index (κ3) is 2.76. The van der Waals surface area contributed by atoms with Gasteiger partial charge in [-0.25, -0.2) is 0 Å². The highest BCUT2D eigenvalue weighted by atomic mass is 32.2. The smallest absolute Gasteiger partial charge is 0.00231 e. The number of hydrogen-bond donors (Lipinski definition) is 1. The van der Waals surface area contributed by atoms with Gasteiger partial charge in [-0.05, 0) is 36.5 Å². The lowest BCUT2D eigenvalue weighted by molar-refractivity contribution is 0.353. The Hall–Kier alpha value is -0.470. The lowest BCUT2D eigenvalue weighted by Gasteiger charge is -2.32. The van der Waals surface area contributed by atoms with Crippen LogP contribution >= 0.6 is 11.8 Å². The molecule has 15 heavy (non-hydrogen) atoms. The quantitative estimate of drug-likeness (QED) is 0.842. The maximum absolute atomic E-state index is 3.51. The van der Waals surface area contributed by atoms with E-state index >= 15 is 0 Å². The molecule has 1 aliphatic rings. The average molecular weight is 221 g/mol. The van der Waals surface area contributed by atoms with Crippen LogP contribution in [0.25, 0.3) is 0 Å². The second-order valence-corrected chi connectivity index (χ2v) is 5.14. The number of hydrogen-bond acceptors (Lipinski definition) is 2. The van der Waals surface area contributed by atoms with Crippen molar-refractivity contribution in [3.8, 4) is 0 Å². The summed E-state index contributed by atoms with van der Waals surface area (Å²) in [5.74, 6) is 2.86. The van der Waals surface area contributed by atoms with Crippen LogP contribution in [0.4, 0.5) is 0 Å².